The Morgan fingerprint density at radius 2 is 1.82 bits per heavy atom. The van der Waals surface area contributed by atoms with Crippen LogP contribution < -0.4 is 10.1 Å². The molecule has 0 aliphatic rings. The van der Waals surface area contributed by atoms with Crippen molar-refractivity contribution in [1.82, 2.24) is 10.3 Å². The molecule has 2 N–H and O–H groups in total. The number of pyridine rings is 1. The van der Waals surface area contributed by atoms with Gasteiger partial charge in [-0.05, 0) is 17.2 Å². The molecule has 8 nitrogen and oxygen atoms in total. The number of ether oxygens (including phenoxy) is 2. The summed E-state index contributed by atoms with van der Waals surface area (Å²) in [5.74, 6) is -0.877. The Bertz CT molecular complexity index is 1150. The Kier molecular flexibility index (Phi) is 8.51. The van der Waals surface area contributed by atoms with Crippen molar-refractivity contribution < 1.29 is 24.2 Å². The van der Waals surface area contributed by atoms with Gasteiger partial charge in [0.25, 0.3) is 5.91 Å². The summed E-state index contributed by atoms with van der Waals surface area (Å²) < 4.78 is 11.0. The molecule has 0 aliphatic carbocycles. The van der Waals surface area contributed by atoms with Crippen molar-refractivity contribution in [3.05, 3.63) is 94.1 Å². The molecule has 0 spiro atoms. The molecule has 3 rings (SSSR count). The van der Waals surface area contributed by atoms with Gasteiger partial charge in [0.15, 0.2) is 0 Å². The van der Waals surface area contributed by atoms with E-state index in [0.29, 0.717) is 11.1 Å². The molecule has 0 unspecified atom stereocenters. The fraction of sp³-hybridized carbons (Fsp3) is 0.167. The van der Waals surface area contributed by atoms with Crippen LogP contribution in [0.2, 0.25) is 5.02 Å². The molecule has 0 aliphatic heterocycles. The van der Waals surface area contributed by atoms with Crippen molar-refractivity contribution in [2.45, 2.75) is 13.2 Å². The third-order valence-corrected chi connectivity index (χ3v) is 4.83. The molecule has 9 heteroatoms. The van der Waals surface area contributed by atoms with E-state index in [1.807, 2.05) is 30.3 Å². The molecule has 170 valence electrons. The minimum absolute atomic E-state index is 0.0299. The van der Waals surface area contributed by atoms with Crippen molar-refractivity contribution in [2.24, 2.45) is 4.99 Å². The van der Waals surface area contributed by atoms with Crippen molar-refractivity contribution >= 4 is 29.2 Å². The molecule has 3 aromatic rings. The van der Waals surface area contributed by atoms with E-state index < -0.39 is 18.6 Å². The number of amides is 1. The predicted molar refractivity (Wildman–Crippen MR) is 123 cm³/mol. The zero-order valence-corrected chi connectivity index (χ0v) is 18.6. The summed E-state index contributed by atoms with van der Waals surface area (Å²) in [5, 5.41) is 11.8. The van der Waals surface area contributed by atoms with Crippen LogP contribution in [0.1, 0.15) is 27.0 Å². The first-order valence-corrected chi connectivity index (χ1v) is 10.4. The molecular weight excluding hydrogens is 446 g/mol. The van der Waals surface area contributed by atoms with E-state index in [4.69, 9.17) is 21.1 Å². The number of aliphatic hydroxyl groups excluding tert-OH is 1. The van der Waals surface area contributed by atoms with Gasteiger partial charge < -0.3 is 19.9 Å². The number of aromatic nitrogens is 1. The molecule has 1 heterocycles. The number of benzene rings is 2. The lowest BCUT2D eigenvalue weighted by atomic mass is 10.0. The number of nitrogens with one attached hydrogen (secondary N) is 1. The van der Waals surface area contributed by atoms with Crippen molar-refractivity contribution in [2.75, 3.05) is 13.8 Å². The van der Waals surface area contributed by atoms with Gasteiger partial charge >= 0.3 is 5.97 Å². The minimum Gasteiger partial charge on any atom is -0.472 e. The summed E-state index contributed by atoms with van der Waals surface area (Å²) >= 11 is 6.27. The highest BCUT2D eigenvalue weighted by atomic mass is 35.5. The first kappa shape index (κ1) is 23.9. The highest BCUT2D eigenvalue weighted by Gasteiger charge is 2.17. The van der Waals surface area contributed by atoms with E-state index >= 15 is 0 Å². The van der Waals surface area contributed by atoms with E-state index in [9.17, 15) is 14.7 Å². The Labute approximate surface area is 195 Å². The van der Waals surface area contributed by atoms with Gasteiger partial charge in [0.2, 0.25) is 5.88 Å². The number of carbonyl (C=O) groups excluding carboxylic acids is 2. The van der Waals surface area contributed by atoms with Crippen LogP contribution in [-0.2, 0) is 22.7 Å². The Hall–Kier alpha value is -3.75. The van der Waals surface area contributed by atoms with Crippen LogP contribution in [0, 0.1) is 0 Å². The normalized spacial score (nSPS) is 11.1. The maximum atomic E-state index is 12.3. The summed E-state index contributed by atoms with van der Waals surface area (Å²) in [7, 11) is 1.48. The molecule has 0 saturated carbocycles. The quantitative estimate of drug-likeness (QED) is 0.369. The summed E-state index contributed by atoms with van der Waals surface area (Å²) in [6, 6.07) is 17.7. The standard InChI is InChI=1S/C24H22ClN3O5/c1-26-22(30)21(28-15-29)19-10-6-5-9-17(19)14-32-23-20(25)11-18(12-27-23)24(31)33-13-16-7-3-2-4-8-16/h2-12,29H,13-15H2,1H3,(H,26,30)/b28-21+. The fourth-order valence-electron chi connectivity index (χ4n) is 2.94. The van der Waals surface area contributed by atoms with E-state index in [2.05, 4.69) is 15.3 Å². The number of nitrogens with zero attached hydrogens (tertiary/aromatic N) is 2. The minimum atomic E-state index is -0.555. The molecule has 0 atom stereocenters. The number of esters is 1. The summed E-state index contributed by atoms with van der Waals surface area (Å²) in [6.07, 6.45) is 1.32. The van der Waals surface area contributed by atoms with Gasteiger partial charge in [-0.2, -0.15) is 0 Å². The number of hydrogen-bond acceptors (Lipinski definition) is 7. The van der Waals surface area contributed by atoms with Crippen LogP contribution >= 0.6 is 11.6 Å². The fourth-order valence-corrected chi connectivity index (χ4v) is 3.16. The number of likely N-dealkylation sites (N-methyl/N-ethyl adjacent to an activating group) is 1. The highest BCUT2D eigenvalue weighted by Crippen LogP contribution is 2.24. The van der Waals surface area contributed by atoms with Gasteiger partial charge in [-0.1, -0.05) is 66.2 Å². The molecule has 33 heavy (non-hydrogen) atoms. The number of aliphatic imine (C=N–C) groups is 1. The molecule has 1 aromatic heterocycles. The molecule has 0 saturated heterocycles. The van der Waals surface area contributed by atoms with Crippen LogP contribution in [0.4, 0.5) is 0 Å². The van der Waals surface area contributed by atoms with E-state index in [0.717, 1.165) is 5.56 Å². The molecule has 1 amide bonds. The number of rotatable bonds is 9. The van der Waals surface area contributed by atoms with Crippen LogP contribution in [0.5, 0.6) is 5.88 Å². The smallest absolute Gasteiger partial charge is 0.340 e. The highest BCUT2D eigenvalue weighted by molar-refractivity contribution is 6.45. The third-order valence-electron chi connectivity index (χ3n) is 4.56. The molecule has 0 fully saturated rings. The first-order valence-electron chi connectivity index (χ1n) is 9.98. The second-order valence-electron chi connectivity index (χ2n) is 6.75. The lowest BCUT2D eigenvalue weighted by Gasteiger charge is -2.13. The van der Waals surface area contributed by atoms with Crippen LogP contribution in [0.3, 0.4) is 0 Å². The topological polar surface area (TPSA) is 110 Å². The number of hydrogen-bond donors (Lipinski definition) is 2. The maximum absolute atomic E-state index is 12.3. The average Bonchev–Trinajstić information content (AvgIpc) is 2.85. The van der Waals surface area contributed by atoms with Gasteiger partial charge in [-0.3, -0.25) is 9.79 Å². The van der Waals surface area contributed by atoms with Crippen LogP contribution in [0.25, 0.3) is 0 Å². The second-order valence-corrected chi connectivity index (χ2v) is 7.15. The SMILES string of the molecule is CNC(=O)/C(=N/CO)c1ccccc1COc1ncc(C(=O)OCc2ccccc2)cc1Cl. The van der Waals surface area contributed by atoms with Crippen LogP contribution in [-0.4, -0.2) is 41.5 Å². The van der Waals surface area contributed by atoms with Gasteiger partial charge in [0.05, 0.1) is 5.56 Å². The first-order chi connectivity index (χ1) is 16.0. The second kappa shape index (κ2) is 11.8. The largest absolute Gasteiger partial charge is 0.472 e. The summed E-state index contributed by atoms with van der Waals surface area (Å²) in [4.78, 5) is 32.5. The van der Waals surface area contributed by atoms with Gasteiger partial charge in [0.1, 0.15) is 30.7 Å². The zero-order chi connectivity index (χ0) is 23.6. The number of aliphatic hydroxyl groups is 1. The lowest BCUT2D eigenvalue weighted by Crippen LogP contribution is -2.29. The number of carbonyl (C=O) groups is 2. The molecule has 2 aromatic carbocycles. The Morgan fingerprint density at radius 1 is 1.09 bits per heavy atom. The maximum Gasteiger partial charge on any atom is 0.340 e. The third kappa shape index (κ3) is 6.38. The van der Waals surface area contributed by atoms with Crippen LogP contribution in [0.15, 0.2) is 71.9 Å². The summed E-state index contributed by atoms with van der Waals surface area (Å²) in [6.45, 7) is -0.370. The van der Waals surface area contributed by atoms with Gasteiger partial charge in [-0.25, -0.2) is 9.78 Å². The zero-order valence-electron chi connectivity index (χ0n) is 17.8. The van der Waals surface area contributed by atoms with Crippen molar-refractivity contribution in [1.29, 1.82) is 0 Å². The number of halogens is 1. The lowest BCUT2D eigenvalue weighted by molar-refractivity contribution is -0.114. The van der Waals surface area contributed by atoms with E-state index in [1.165, 1.54) is 19.3 Å². The predicted octanol–water partition coefficient (Wildman–Crippen LogP) is 3.16. The molecule has 0 bridgehead atoms. The van der Waals surface area contributed by atoms with Gasteiger partial charge in [-0.15, -0.1) is 0 Å². The van der Waals surface area contributed by atoms with E-state index in [-0.39, 0.29) is 35.4 Å². The Morgan fingerprint density at radius 3 is 2.52 bits per heavy atom. The summed E-state index contributed by atoms with van der Waals surface area (Å²) in [5.41, 5.74) is 2.28. The molecular formula is C24H22ClN3O5. The van der Waals surface area contributed by atoms with Gasteiger partial charge in [0, 0.05) is 18.8 Å². The van der Waals surface area contributed by atoms with Crippen molar-refractivity contribution in [3.63, 3.8) is 0 Å². The van der Waals surface area contributed by atoms with Crippen molar-refractivity contribution in [3.8, 4) is 5.88 Å². The average molecular weight is 468 g/mol. The monoisotopic (exact) mass is 467 g/mol. The molecule has 0 radical (unpaired) electrons. The van der Waals surface area contributed by atoms with E-state index in [1.54, 1.807) is 24.3 Å². The Balaban J connectivity index is 1.70.